The fourth-order valence-electron chi connectivity index (χ4n) is 2.20. The third kappa shape index (κ3) is 6.60. The summed E-state index contributed by atoms with van der Waals surface area (Å²) in [5, 5.41) is 18.9. The number of nitro benzene ring substituents is 1. The number of hydrogen-bond donors (Lipinski definition) is 3. The number of hydrogen-bond acceptors (Lipinski definition) is 5. The van der Waals surface area contributed by atoms with E-state index in [0.717, 1.165) is 0 Å². The normalized spacial score (nSPS) is 11.9. The zero-order valence-corrected chi connectivity index (χ0v) is 17.9. The number of amides is 1. The van der Waals surface area contributed by atoms with Gasteiger partial charge in [0.2, 0.25) is 3.79 Å². The minimum Gasteiger partial charge on any atom is -0.495 e. The molecule has 0 aromatic heterocycles. The van der Waals surface area contributed by atoms with Gasteiger partial charge in [-0.2, -0.15) is 0 Å². The molecule has 0 saturated carbocycles. The van der Waals surface area contributed by atoms with Gasteiger partial charge in [-0.05, 0) is 30.4 Å². The Morgan fingerprint density at radius 3 is 2.38 bits per heavy atom. The van der Waals surface area contributed by atoms with E-state index in [9.17, 15) is 14.9 Å². The molecule has 8 nitrogen and oxygen atoms in total. The average Bonchev–Trinajstić information content (AvgIpc) is 2.67. The van der Waals surface area contributed by atoms with Crippen molar-refractivity contribution in [2.45, 2.75) is 9.96 Å². The standard InChI is InChI=1S/C17H15Cl3N4O4S/c1-28-13-8-7-11(24(26)27)9-12(13)21-16(29)23-15(17(18,19)20)22-14(25)10-5-3-2-4-6-10/h2-9,15H,1H3,(H,22,25)(H2,21,23,29)/t15-/m0/s1. The van der Waals surface area contributed by atoms with Gasteiger partial charge >= 0.3 is 0 Å². The van der Waals surface area contributed by atoms with Crippen molar-refractivity contribution >= 4 is 69.4 Å². The summed E-state index contributed by atoms with van der Waals surface area (Å²) in [4.78, 5) is 22.8. The molecule has 0 aliphatic rings. The number of nitrogens with one attached hydrogen (secondary N) is 3. The van der Waals surface area contributed by atoms with Crippen LogP contribution in [-0.4, -0.2) is 33.0 Å². The number of methoxy groups -OCH3 is 1. The van der Waals surface area contributed by atoms with E-state index in [2.05, 4.69) is 16.0 Å². The van der Waals surface area contributed by atoms with Gasteiger partial charge in [-0.1, -0.05) is 53.0 Å². The highest BCUT2D eigenvalue weighted by Gasteiger charge is 2.35. The van der Waals surface area contributed by atoms with Crippen LogP contribution < -0.4 is 20.7 Å². The number of anilines is 1. The summed E-state index contributed by atoms with van der Waals surface area (Å²) >= 11 is 23.1. The average molecular weight is 478 g/mol. The SMILES string of the molecule is COc1ccc([N+](=O)[O-])cc1NC(=S)N[C@H](NC(=O)c1ccccc1)C(Cl)(Cl)Cl. The molecule has 2 aromatic rings. The van der Waals surface area contributed by atoms with E-state index in [1.807, 2.05) is 0 Å². The Labute approximate surface area is 186 Å². The number of ether oxygens (including phenoxy) is 1. The zero-order chi connectivity index (χ0) is 21.6. The number of nitro groups is 1. The Bertz CT molecular complexity index is 909. The molecule has 12 heteroatoms. The number of carbonyl (C=O) groups is 1. The lowest BCUT2D eigenvalue weighted by Gasteiger charge is -2.28. The largest absolute Gasteiger partial charge is 0.495 e. The molecule has 29 heavy (non-hydrogen) atoms. The predicted octanol–water partition coefficient (Wildman–Crippen LogP) is 4.02. The van der Waals surface area contributed by atoms with Gasteiger partial charge in [-0.25, -0.2) is 0 Å². The molecule has 1 atom stereocenters. The van der Waals surface area contributed by atoms with Crippen molar-refractivity contribution < 1.29 is 14.5 Å². The predicted molar refractivity (Wildman–Crippen MR) is 117 cm³/mol. The Balaban J connectivity index is 2.16. The first-order valence-electron chi connectivity index (χ1n) is 7.94. The lowest BCUT2D eigenvalue weighted by atomic mass is 10.2. The van der Waals surface area contributed by atoms with Crippen molar-refractivity contribution in [3.05, 3.63) is 64.2 Å². The summed E-state index contributed by atoms with van der Waals surface area (Å²) < 4.78 is 3.20. The smallest absolute Gasteiger partial charge is 0.271 e. The highest BCUT2D eigenvalue weighted by atomic mass is 35.6. The van der Waals surface area contributed by atoms with E-state index in [-0.39, 0.29) is 16.5 Å². The lowest BCUT2D eigenvalue weighted by molar-refractivity contribution is -0.384. The summed E-state index contributed by atoms with van der Waals surface area (Å²) in [6.45, 7) is 0. The van der Waals surface area contributed by atoms with Crippen molar-refractivity contribution in [2.24, 2.45) is 0 Å². The maximum atomic E-state index is 12.4. The number of non-ortho nitro benzene ring substituents is 1. The fourth-order valence-corrected chi connectivity index (χ4v) is 2.76. The summed E-state index contributed by atoms with van der Waals surface area (Å²) in [7, 11) is 1.40. The first-order valence-corrected chi connectivity index (χ1v) is 9.48. The summed E-state index contributed by atoms with van der Waals surface area (Å²) in [5.74, 6) is -0.191. The van der Waals surface area contributed by atoms with E-state index in [4.69, 9.17) is 51.8 Å². The van der Waals surface area contributed by atoms with Gasteiger partial charge in [-0.3, -0.25) is 14.9 Å². The third-order valence-corrected chi connectivity index (χ3v) is 4.43. The molecule has 3 N–H and O–H groups in total. The Morgan fingerprint density at radius 2 is 1.83 bits per heavy atom. The molecule has 0 fully saturated rings. The molecule has 0 aliphatic heterocycles. The van der Waals surface area contributed by atoms with Crippen LogP contribution >= 0.6 is 47.0 Å². The molecule has 154 valence electrons. The van der Waals surface area contributed by atoms with Crippen LogP contribution in [0.15, 0.2) is 48.5 Å². The van der Waals surface area contributed by atoms with E-state index in [0.29, 0.717) is 11.3 Å². The minimum absolute atomic E-state index is 0.0616. The molecule has 0 aliphatic carbocycles. The Morgan fingerprint density at radius 1 is 1.17 bits per heavy atom. The highest BCUT2D eigenvalue weighted by molar-refractivity contribution is 7.80. The molecular formula is C17H15Cl3N4O4S. The molecular weight excluding hydrogens is 463 g/mol. The van der Waals surface area contributed by atoms with Crippen molar-refractivity contribution in [1.82, 2.24) is 10.6 Å². The van der Waals surface area contributed by atoms with E-state index < -0.39 is 20.8 Å². The van der Waals surface area contributed by atoms with Crippen LogP contribution in [0, 0.1) is 10.1 Å². The van der Waals surface area contributed by atoms with Crippen molar-refractivity contribution in [1.29, 1.82) is 0 Å². The maximum Gasteiger partial charge on any atom is 0.271 e. The summed E-state index contributed by atoms with van der Waals surface area (Å²) in [6, 6.07) is 12.2. The van der Waals surface area contributed by atoms with Gasteiger partial charge < -0.3 is 20.7 Å². The van der Waals surface area contributed by atoms with Crippen LogP contribution in [0.1, 0.15) is 10.4 Å². The number of benzene rings is 2. The number of thiocarbonyl (C=S) groups is 1. The van der Waals surface area contributed by atoms with Crippen LogP contribution in [0.4, 0.5) is 11.4 Å². The zero-order valence-electron chi connectivity index (χ0n) is 14.8. The first kappa shape index (κ1) is 23.0. The molecule has 0 radical (unpaired) electrons. The van der Waals surface area contributed by atoms with Gasteiger partial charge in [0.05, 0.1) is 17.7 Å². The number of nitrogens with zero attached hydrogens (tertiary/aromatic N) is 1. The summed E-state index contributed by atoms with van der Waals surface area (Å²) in [5.41, 5.74) is 0.399. The molecule has 0 bridgehead atoms. The van der Waals surface area contributed by atoms with Gasteiger partial charge in [-0.15, -0.1) is 0 Å². The maximum absolute atomic E-state index is 12.4. The Hall–Kier alpha value is -2.33. The van der Waals surface area contributed by atoms with Crippen molar-refractivity contribution in [2.75, 3.05) is 12.4 Å². The fraction of sp³-hybridized carbons (Fsp3) is 0.176. The monoisotopic (exact) mass is 476 g/mol. The molecule has 2 aromatic carbocycles. The van der Waals surface area contributed by atoms with Crippen LogP contribution in [0.2, 0.25) is 0 Å². The van der Waals surface area contributed by atoms with Gasteiger partial charge in [0.15, 0.2) is 5.11 Å². The first-order chi connectivity index (χ1) is 13.6. The van der Waals surface area contributed by atoms with Crippen LogP contribution in [0.3, 0.4) is 0 Å². The van der Waals surface area contributed by atoms with Gasteiger partial charge in [0.1, 0.15) is 11.9 Å². The second-order valence-electron chi connectivity index (χ2n) is 5.55. The van der Waals surface area contributed by atoms with Crippen LogP contribution in [0.5, 0.6) is 5.75 Å². The second-order valence-corrected chi connectivity index (χ2v) is 8.33. The van der Waals surface area contributed by atoms with Crippen LogP contribution in [0.25, 0.3) is 0 Å². The molecule has 2 rings (SSSR count). The lowest BCUT2D eigenvalue weighted by Crippen LogP contribution is -2.56. The second kappa shape index (κ2) is 9.93. The van der Waals surface area contributed by atoms with E-state index in [1.54, 1.807) is 30.3 Å². The topological polar surface area (TPSA) is 106 Å². The molecule has 1 amide bonds. The number of alkyl halides is 3. The molecule has 0 unspecified atom stereocenters. The van der Waals surface area contributed by atoms with E-state index in [1.165, 1.54) is 25.3 Å². The number of rotatable bonds is 6. The van der Waals surface area contributed by atoms with Crippen LogP contribution in [-0.2, 0) is 0 Å². The third-order valence-electron chi connectivity index (χ3n) is 3.56. The van der Waals surface area contributed by atoms with Crippen molar-refractivity contribution in [3.63, 3.8) is 0 Å². The Kier molecular flexibility index (Phi) is 7.86. The molecule has 0 heterocycles. The van der Waals surface area contributed by atoms with Gasteiger partial charge in [0.25, 0.3) is 11.6 Å². The van der Waals surface area contributed by atoms with Gasteiger partial charge in [0, 0.05) is 17.7 Å². The molecule has 0 saturated heterocycles. The summed E-state index contributed by atoms with van der Waals surface area (Å²) in [6.07, 6.45) is -1.20. The quantitative estimate of drug-likeness (QED) is 0.190. The molecule has 0 spiro atoms. The number of halogens is 3. The highest BCUT2D eigenvalue weighted by Crippen LogP contribution is 2.31. The minimum atomic E-state index is -1.96. The van der Waals surface area contributed by atoms with E-state index >= 15 is 0 Å². The number of carbonyl (C=O) groups excluding carboxylic acids is 1. The van der Waals surface area contributed by atoms with Crippen molar-refractivity contribution in [3.8, 4) is 5.75 Å².